The highest BCUT2D eigenvalue weighted by atomic mass is 16.3. The summed E-state index contributed by atoms with van der Waals surface area (Å²) in [5, 5.41) is 8.80. The third-order valence-electron chi connectivity index (χ3n) is 0.954. The van der Waals surface area contributed by atoms with Gasteiger partial charge >= 0.3 is 0 Å². The largest absolute Gasteiger partial charge is 0.380 e. The van der Waals surface area contributed by atoms with Crippen LogP contribution in [0, 0.1) is 12.3 Å². The van der Waals surface area contributed by atoms with Gasteiger partial charge in [0.2, 0.25) is 0 Å². The van der Waals surface area contributed by atoms with Gasteiger partial charge in [-0.3, -0.25) is 0 Å². The fourth-order valence-electron chi connectivity index (χ4n) is 0.460. The molecule has 1 heteroatoms. The van der Waals surface area contributed by atoms with Crippen molar-refractivity contribution >= 4 is 0 Å². The van der Waals surface area contributed by atoms with E-state index in [1.54, 1.807) is 0 Å². The van der Waals surface area contributed by atoms with Gasteiger partial charge in [0, 0.05) is 6.42 Å². The van der Waals surface area contributed by atoms with E-state index >= 15 is 0 Å². The fraction of sp³-hybridized carbons (Fsp3) is 0.500. The quantitative estimate of drug-likeness (QED) is 0.444. The Bertz CT molecular complexity index is 119. The van der Waals surface area contributed by atoms with Crippen molar-refractivity contribution in [2.45, 2.75) is 25.9 Å². The Balaban J connectivity index is 3.29. The second-order valence-corrected chi connectivity index (χ2v) is 1.80. The van der Waals surface area contributed by atoms with Crippen molar-refractivity contribution in [3.63, 3.8) is 0 Å². The van der Waals surface area contributed by atoms with E-state index in [0.717, 1.165) is 6.42 Å². The molecule has 0 aromatic heterocycles. The summed E-state index contributed by atoms with van der Waals surface area (Å²) in [6.45, 7) is 2.04. The average molecular weight is 124 g/mol. The van der Waals surface area contributed by atoms with E-state index in [4.69, 9.17) is 11.5 Å². The molecule has 1 nitrogen and oxygen atoms in total. The molecular formula is C8H12O. The molecule has 0 spiro atoms. The van der Waals surface area contributed by atoms with Gasteiger partial charge in [-0.1, -0.05) is 25.0 Å². The van der Waals surface area contributed by atoms with Crippen LogP contribution >= 0.6 is 0 Å². The maximum absolute atomic E-state index is 8.80. The van der Waals surface area contributed by atoms with Gasteiger partial charge in [-0.05, 0) is 6.42 Å². The zero-order valence-corrected chi connectivity index (χ0v) is 5.67. The molecule has 1 N–H and O–H groups in total. The molecule has 0 aliphatic heterocycles. The Morgan fingerprint density at radius 3 is 2.78 bits per heavy atom. The lowest BCUT2D eigenvalue weighted by molar-refractivity contribution is 0.236. The molecular weight excluding hydrogens is 112 g/mol. The molecule has 0 fully saturated rings. The van der Waals surface area contributed by atoms with Crippen molar-refractivity contribution in [3.05, 3.63) is 12.2 Å². The molecule has 0 unspecified atom stereocenters. The summed E-state index contributed by atoms with van der Waals surface area (Å²) in [5.74, 6) is 2.23. The van der Waals surface area contributed by atoms with Crippen LogP contribution in [0.25, 0.3) is 0 Å². The molecule has 50 valence electrons. The molecule has 9 heavy (non-hydrogen) atoms. The number of aliphatic hydroxyl groups is 1. The van der Waals surface area contributed by atoms with Crippen molar-refractivity contribution in [3.8, 4) is 12.3 Å². The predicted octanol–water partition coefficient (Wildman–Crippen LogP) is 1.34. The van der Waals surface area contributed by atoms with Gasteiger partial charge in [0.15, 0.2) is 0 Å². The van der Waals surface area contributed by atoms with E-state index in [-0.39, 0.29) is 0 Å². The van der Waals surface area contributed by atoms with Crippen molar-refractivity contribution < 1.29 is 5.11 Å². The molecule has 0 aromatic carbocycles. The Labute approximate surface area is 56.4 Å². The molecule has 1 atom stereocenters. The molecule has 0 aromatic rings. The Hall–Kier alpha value is -0.740. The Kier molecular flexibility index (Phi) is 4.95. The lowest BCUT2D eigenvalue weighted by atomic mass is 10.2. The Morgan fingerprint density at radius 2 is 2.33 bits per heavy atom. The summed E-state index contributed by atoms with van der Waals surface area (Å²) in [4.78, 5) is 0. The molecule has 0 aliphatic carbocycles. The molecule has 0 saturated carbocycles. The van der Waals surface area contributed by atoms with Gasteiger partial charge in [0.1, 0.15) is 6.10 Å². The first kappa shape index (κ1) is 8.26. The summed E-state index contributed by atoms with van der Waals surface area (Å²) < 4.78 is 0. The van der Waals surface area contributed by atoms with E-state index in [1.165, 1.54) is 0 Å². The van der Waals surface area contributed by atoms with Crippen molar-refractivity contribution in [1.29, 1.82) is 0 Å². The topological polar surface area (TPSA) is 20.2 Å². The maximum atomic E-state index is 8.80. The van der Waals surface area contributed by atoms with Gasteiger partial charge in [0.25, 0.3) is 0 Å². The molecule has 0 amide bonds. The van der Waals surface area contributed by atoms with Crippen LogP contribution in [0.3, 0.4) is 0 Å². The number of rotatable bonds is 3. The van der Waals surface area contributed by atoms with Gasteiger partial charge < -0.3 is 5.11 Å². The fourth-order valence-corrected chi connectivity index (χ4v) is 0.460. The minimum atomic E-state index is -0.604. The van der Waals surface area contributed by atoms with E-state index in [2.05, 4.69) is 5.92 Å². The minimum absolute atomic E-state index is 0.574. The second-order valence-electron chi connectivity index (χ2n) is 1.80. The highest BCUT2D eigenvalue weighted by Gasteiger charge is 1.90. The second kappa shape index (κ2) is 5.40. The number of hydrogen-bond donors (Lipinski definition) is 1. The predicted molar refractivity (Wildman–Crippen MR) is 38.9 cm³/mol. The molecule has 0 bridgehead atoms. The zero-order chi connectivity index (χ0) is 7.11. The zero-order valence-electron chi connectivity index (χ0n) is 5.67. The van der Waals surface area contributed by atoms with Gasteiger partial charge in [-0.2, -0.15) is 0 Å². The van der Waals surface area contributed by atoms with Crippen molar-refractivity contribution in [2.24, 2.45) is 0 Å². The molecule has 0 saturated heterocycles. The van der Waals surface area contributed by atoms with Crippen molar-refractivity contribution in [1.82, 2.24) is 0 Å². The maximum Gasteiger partial charge on any atom is 0.117 e. The molecule has 0 rings (SSSR count). The number of aliphatic hydroxyl groups excluding tert-OH is 1. The normalized spacial score (nSPS) is 13.4. The smallest absolute Gasteiger partial charge is 0.117 e. The van der Waals surface area contributed by atoms with E-state index in [0.29, 0.717) is 6.42 Å². The van der Waals surface area contributed by atoms with Crippen molar-refractivity contribution in [2.75, 3.05) is 0 Å². The highest BCUT2D eigenvalue weighted by Crippen LogP contribution is 1.91. The Morgan fingerprint density at radius 1 is 1.67 bits per heavy atom. The van der Waals surface area contributed by atoms with Gasteiger partial charge in [-0.15, -0.1) is 6.42 Å². The summed E-state index contributed by atoms with van der Waals surface area (Å²) >= 11 is 0. The third-order valence-corrected chi connectivity index (χ3v) is 0.954. The van der Waals surface area contributed by atoms with Crippen LogP contribution in [0.5, 0.6) is 0 Å². The molecule has 0 aliphatic rings. The van der Waals surface area contributed by atoms with E-state index in [1.807, 2.05) is 19.1 Å². The van der Waals surface area contributed by atoms with Crippen LogP contribution in [-0.2, 0) is 0 Å². The monoisotopic (exact) mass is 124 g/mol. The lowest BCUT2D eigenvalue weighted by Gasteiger charge is -1.94. The van der Waals surface area contributed by atoms with Crippen LogP contribution in [0.1, 0.15) is 19.8 Å². The first-order valence-corrected chi connectivity index (χ1v) is 3.10. The SMILES string of the molecule is C#C[C@H](O)C/C=C\CC. The van der Waals surface area contributed by atoms with Crippen LogP contribution in [0.2, 0.25) is 0 Å². The van der Waals surface area contributed by atoms with Gasteiger partial charge in [-0.25, -0.2) is 0 Å². The van der Waals surface area contributed by atoms with E-state index in [9.17, 15) is 0 Å². The molecule has 0 heterocycles. The standard InChI is InChI=1S/C8H12O/c1-3-5-6-7-8(9)4-2/h2,5-6,8-9H,3,7H2,1H3/b6-5-/t8-/m0/s1. The van der Waals surface area contributed by atoms with Crippen LogP contribution in [0.4, 0.5) is 0 Å². The summed E-state index contributed by atoms with van der Waals surface area (Å²) in [6.07, 6.45) is 9.77. The summed E-state index contributed by atoms with van der Waals surface area (Å²) in [6, 6.07) is 0. The minimum Gasteiger partial charge on any atom is -0.380 e. The third kappa shape index (κ3) is 5.13. The summed E-state index contributed by atoms with van der Waals surface area (Å²) in [7, 11) is 0. The highest BCUT2D eigenvalue weighted by molar-refractivity contribution is 4.98. The van der Waals surface area contributed by atoms with E-state index < -0.39 is 6.10 Å². The summed E-state index contributed by atoms with van der Waals surface area (Å²) in [5.41, 5.74) is 0. The number of terminal acetylenes is 1. The number of hydrogen-bond acceptors (Lipinski definition) is 1. The average Bonchev–Trinajstić information content (AvgIpc) is 1.89. The van der Waals surface area contributed by atoms with Crippen LogP contribution in [0.15, 0.2) is 12.2 Å². The first-order valence-electron chi connectivity index (χ1n) is 3.10. The molecule has 0 radical (unpaired) electrons. The van der Waals surface area contributed by atoms with Gasteiger partial charge in [0.05, 0.1) is 0 Å². The lowest BCUT2D eigenvalue weighted by Crippen LogP contribution is -1.98. The first-order chi connectivity index (χ1) is 4.31. The van der Waals surface area contributed by atoms with Crippen LogP contribution < -0.4 is 0 Å². The number of allylic oxidation sites excluding steroid dienone is 1. The van der Waals surface area contributed by atoms with Crippen LogP contribution in [-0.4, -0.2) is 11.2 Å².